The first-order valence-corrected chi connectivity index (χ1v) is 7.67. The molecule has 1 aromatic heterocycles. The van der Waals surface area contributed by atoms with Gasteiger partial charge in [0.1, 0.15) is 5.58 Å². The van der Waals surface area contributed by atoms with Crippen molar-refractivity contribution >= 4 is 32.8 Å². The van der Waals surface area contributed by atoms with Gasteiger partial charge in [0.05, 0.1) is 4.47 Å². The van der Waals surface area contributed by atoms with Gasteiger partial charge in [-0.25, -0.2) is 0 Å². The summed E-state index contributed by atoms with van der Waals surface area (Å²) in [7, 11) is 0. The van der Waals surface area contributed by atoms with Gasteiger partial charge >= 0.3 is 0 Å². The molecule has 0 radical (unpaired) electrons. The molecular formula is C15H17BrN2O2. The summed E-state index contributed by atoms with van der Waals surface area (Å²) in [5.41, 5.74) is 6.58. The number of hydrogen-bond acceptors (Lipinski definition) is 3. The molecule has 0 saturated heterocycles. The van der Waals surface area contributed by atoms with Crippen molar-refractivity contribution in [1.29, 1.82) is 0 Å². The molecule has 5 heteroatoms. The summed E-state index contributed by atoms with van der Waals surface area (Å²) >= 11 is 3.43. The number of fused-ring (bicyclic) bond motifs is 1. The number of benzene rings is 1. The summed E-state index contributed by atoms with van der Waals surface area (Å²) in [5, 5.41) is 3.96. The van der Waals surface area contributed by atoms with E-state index in [1.165, 1.54) is 0 Å². The van der Waals surface area contributed by atoms with Crippen molar-refractivity contribution < 1.29 is 9.21 Å². The Balaban J connectivity index is 1.74. The maximum Gasteiger partial charge on any atom is 0.287 e. The number of para-hydroxylation sites is 1. The second-order valence-electron chi connectivity index (χ2n) is 5.35. The Labute approximate surface area is 125 Å². The summed E-state index contributed by atoms with van der Waals surface area (Å²) in [6.45, 7) is 0. The van der Waals surface area contributed by atoms with Crippen LogP contribution >= 0.6 is 15.9 Å². The third-order valence-corrected chi connectivity index (χ3v) is 4.45. The van der Waals surface area contributed by atoms with E-state index >= 15 is 0 Å². The molecule has 106 valence electrons. The van der Waals surface area contributed by atoms with Crippen LogP contribution in [0.3, 0.4) is 0 Å². The first kappa shape index (κ1) is 13.6. The summed E-state index contributed by atoms with van der Waals surface area (Å²) in [6.07, 6.45) is 3.82. The second kappa shape index (κ2) is 5.58. The van der Waals surface area contributed by atoms with Crippen molar-refractivity contribution in [3.05, 3.63) is 34.5 Å². The Hall–Kier alpha value is -1.33. The highest BCUT2D eigenvalue weighted by molar-refractivity contribution is 9.10. The largest absolute Gasteiger partial charge is 0.450 e. The van der Waals surface area contributed by atoms with Crippen LogP contribution in [0.15, 0.2) is 33.2 Å². The lowest BCUT2D eigenvalue weighted by Gasteiger charge is -2.26. The van der Waals surface area contributed by atoms with E-state index in [1.807, 2.05) is 18.2 Å². The number of rotatable bonds is 2. The number of carbonyl (C=O) groups is 1. The third-order valence-electron chi connectivity index (χ3n) is 3.83. The van der Waals surface area contributed by atoms with Gasteiger partial charge in [-0.05, 0) is 53.7 Å². The van der Waals surface area contributed by atoms with Crippen LogP contribution in [0.25, 0.3) is 11.0 Å². The molecule has 0 spiro atoms. The molecule has 1 aliphatic carbocycles. The fraction of sp³-hybridized carbons (Fsp3) is 0.400. The summed E-state index contributed by atoms with van der Waals surface area (Å²) in [5.74, 6) is 0.218. The Morgan fingerprint density at radius 3 is 2.75 bits per heavy atom. The van der Waals surface area contributed by atoms with E-state index in [0.29, 0.717) is 11.3 Å². The van der Waals surface area contributed by atoms with Gasteiger partial charge in [0.25, 0.3) is 5.91 Å². The Morgan fingerprint density at radius 1 is 1.30 bits per heavy atom. The van der Waals surface area contributed by atoms with Crippen LogP contribution in [-0.2, 0) is 0 Å². The van der Waals surface area contributed by atoms with Crippen LogP contribution in [0, 0.1) is 0 Å². The highest BCUT2D eigenvalue weighted by Gasteiger charge is 2.22. The summed E-state index contributed by atoms with van der Waals surface area (Å²) in [6, 6.07) is 8.02. The standard InChI is InChI=1S/C15H17BrN2O2/c16-12-3-1-2-9-8-13(20-14(9)12)15(19)18-11-6-4-10(17)5-7-11/h1-3,8,10-11H,4-7,17H2,(H,18,19). The van der Waals surface area contributed by atoms with Crippen LogP contribution in [0.5, 0.6) is 0 Å². The van der Waals surface area contributed by atoms with Gasteiger partial charge < -0.3 is 15.5 Å². The van der Waals surface area contributed by atoms with E-state index in [0.717, 1.165) is 35.5 Å². The Kier molecular flexibility index (Phi) is 3.81. The zero-order chi connectivity index (χ0) is 14.1. The Bertz CT molecular complexity index is 630. The number of carbonyl (C=O) groups excluding carboxylic acids is 1. The number of nitrogens with one attached hydrogen (secondary N) is 1. The van der Waals surface area contributed by atoms with Crippen molar-refractivity contribution in [2.24, 2.45) is 5.73 Å². The van der Waals surface area contributed by atoms with E-state index in [-0.39, 0.29) is 18.0 Å². The van der Waals surface area contributed by atoms with Crippen LogP contribution in [0.2, 0.25) is 0 Å². The number of nitrogens with two attached hydrogens (primary N) is 1. The fourth-order valence-electron chi connectivity index (χ4n) is 2.66. The van der Waals surface area contributed by atoms with Crippen molar-refractivity contribution in [2.75, 3.05) is 0 Å². The number of furan rings is 1. The molecule has 1 fully saturated rings. The molecule has 1 aromatic carbocycles. The van der Waals surface area contributed by atoms with Crippen molar-refractivity contribution in [3.63, 3.8) is 0 Å². The fourth-order valence-corrected chi connectivity index (χ4v) is 3.12. The molecule has 20 heavy (non-hydrogen) atoms. The van der Waals surface area contributed by atoms with E-state index in [2.05, 4.69) is 21.2 Å². The quantitative estimate of drug-likeness (QED) is 0.884. The van der Waals surface area contributed by atoms with Crippen LogP contribution in [0.1, 0.15) is 36.2 Å². The molecule has 0 aliphatic heterocycles. The average molecular weight is 337 g/mol. The van der Waals surface area contributed by atoms with Gasteiger partial charge in [-0.3, -0.25) is 4.79 Å². The minimum atomic E-state index is -0.145. The highest BCUT2D eigenvalue weighted by Crippen LogP contribution is 2.27. The van der Waals surface area contributed by atoms with Gasteiger partial charge in [0.15, 0.2) is 5.76 Å². The van der Waals surface area contributed by atoms with Gasteiger partial charge in [-0.15, -0.1) is 0 Å². The first-order valence-electron chi connectivity index (χ1n) is 6.88. The predicted molar refractivity (Wildman–Crippen MR) is 81.6 cm³/mol. The maximum absolute atomic E-state index is 12.2. The molecule has 0 atom stereocenters. The highest BCUT2D eigenvalue weighted by atomic mass is 79.9. The summed E-state index contributed by atoms with van der Waals surface area (Å²) < 4.78 is 6.50. The predicted octanol–water partition coefficient (Wildman–Crippen LogP) is 3.20. The van der Waals surface area contributed by atoms with Crippen molar-refractivity contribution in [2.45, 2.75) is 37.8 Å². The van der Waals surface area contributed by atoms with Gasteiger partial charge in [0, 0.05) is 17.5 Å². The molecule has 1 aliphatic rings. The molecule has 4 nitrogen and oxygen atoms in total. The zero-order valence-electron chi connectivity index (χ0n) is 11.1. The number of halogens is 1. The maximum atomic E-state index is 12.2. The number of amides is 1. The van der Waals surface area contributed by atoms with Crippen LogP contribution in [-0.4, -0.2) is 18.0 Å². The van der Waals surface area contributed by atoms with Crippen molar-refractivity contribution in [3.8, 4) is 0 Å². The molecule has 0 bridgehead atoms. The minimum Gasteiger partial charge on any atom is -0.450 e. The summed E-state index contributed by atoms with van der Waals surface area (Å²) in [4.78, 5) is 12.2. The topological polar surface area (TPSA) is 68.3 Å². The molecule has 1 heterocycles. The second-order valence-corrected chi connectivity index (χ2v) is 6.21. The molecule has 3 N–H and O–H groups in total. The monoisotopic (exact) mass is 336 g/mol. The molecule has 2 aromatic rings. The van der Waals surface area contributed by atoms with Gasteiger partial charge in [-0.1, -0.05) is 12.1 Å². The lowest BCUT2D eigenvalue weighted by molar-refractivity contribution is 0.0900. The molecule has 1 saturated carbocycles. The van der Waals surface area contributed by atoms with E-state index in [4.69, 9.17) is 10.2 Å². The molecule has 3 rings (SSSR count). The van der Waals surface area contributed by atoms with Gasteiger partial charge in [-0.2, -0.15) is 0 Å². The zero-order valence-corrected chi connectivity index (χ0v) is 12.7. The molecular weight excluding hydrogens is 320 g/mol. The van der Waals surface area contributed by atoms with Gasteiger partial charge in [0.2, 0.25) is 0 Å². The lowest BCUT2D eigenvalue weighted by Crippen LogP contribution is -2.40. The number of hydrogen-bond donors (Lipinski definition) is 2. The first-order chi connectivity index (χ1) is 9.63. The van der Waals surface area contributed by atoms with E-state index in [9.17, 15) is 4.79 Å². The normalized spacial score (nSPS) is 22.9. The van der Waals surface area contributed by atoms with Crippen LogP contribution < -0.4 is 11.1 Å². The molecule has 0 unspecified atom stereocenters. The van der Waals surface area contributed by atoms with Crippen molar-refractivity contribution in [1.82, 2.24) is 5.32 Å². The lowest BCUT2D eigenvalue weighted by atomic mass is 9.92. The van der Waals surface area contributed by atoms with E-state index < -0.39 is 0 Å². The molecule has 1 amide bonds. The smallest absolute Gasteiger partial charge is 0.287 e. The third kappa shape index (κ3) is 2.74. The Morgan fingerprint density at radius 2 is 2.05 bits per heavy atom. The van der Waals surface area contributed by atoms with Crippen LogP contribution in [0.4, 0.5) is 0 Å². The average Bonchev–Trinajstić information content (AvgIpc) is 2.87. The minimum absolute atomic E-state index is 0.145. The van der Waals surface area contributed by atoms with E-state index in [1.54, 1.807) is 6.07 Å². The SMILES string of the molecule is NC1CCC(NC(=O)c2cc3cccc(Br)c3o2)CC1.